The van der Waals surface area contributed by atoms with Crippen molar-refractivity contribution in [2.24, 2.45) is 5.92 Å². The molecular formula is C18H18ClN5O3. The maximum absolute atomic E-state index is 12.1. The molecule has 1 aromatic carbocycles. The molecule has 0 spiro atoms. The van der Waals surface area contributed by atoms with Crippen molar-refractivity contribution in [3.8, 4) is 0 Å². The fourth-order valence-electron chi connectivity index (χ4n) is 3.28. The highest BCUT2D eigenvalue weighted by Crippen LogP contribution is 2.36. The van der Waals surface area contributed by atoms with Gasteiger partial charge in [0.1, 0.15) is 18.4 Å². The second kappa shape index (κ2) is 7.13. The third kappa shape index (κ3) is 3.45. The molecule has 2 aromatic heterocycles. The summed E-state index contributed by atoms with van der Waals surface area (Å²) in [7, 11) is 0. The summed E-state index contributed by atoms with van der Waals surface area (Å²) in [6.07, 6.45) is 1.83. The van der Waals surface area contributed by atoms with E-state index >= 15 is 0 Å². The van der Waals surface area contributed by atoms with Crippen molar-refractivity contribution in [2.45, 2.75) is 25.7 Å². The molecule has 3 aromatic rings. The van der Waals surface area contributed by atoms with Crippen LogP contribution in [0.5, 0.6) is 0 Å². The fourth-order valence-corrected chi connectivity index (χ4v) is 3.50. The Morgan fingerprint density at radius 1 is 1.37 bits per heavy atom. The average Bonchev–Trinajstić information content (AvgIpc) is 3.23. The van der Waals surface area contributed by atoms with Crippen LogP contribution in [0, 0.1) is 5.92 Å². The average molecular weight is 388 g/mol. The number of nitrogen functional groups attached to an aromatic ring is 1. The first kappa shape index (κ1) is 17.7. The van der Waals surface area contributed by atoms with Gasteiger partial charge in [-0.3, -0.25) is 4.57 Å². The molecule has 1 saturated heterocycles. The molecule has 8 nitrogen and oxygen atoms in total. The van der Waals surface area contributed by atoms with Crippen molar-refractivity contribution in [3.05, 3.63) is 47.4 Å². The molecule has 1 fully saturated rings. The maximum Gasteiger partial charge on any atom is 0.338 e. The smallest absolute Gasteiger partial charge is 0.338 e. The number of imidazole rings is 1. The molecule has 0 saturated carbocycles. The van der Waals surface area contributed by atoms with E-state index in [9.17, 15) is 4.79 Å². The Kier molecular flexibility index (Phi) is 4.67. The van der Waals surface area contributed by atoms with Crippen molar-refractivity contribution < 1.29 is 14.3 Å². The van der Waals surface area contributed by atoms with E-state index < -0.39 is 0 Å². The number of hydrogen-bond donors (Lipinski definition) is 1. The number of nitrogens with two attached hydrogens (primary N) is 1. The van der Waals surface area contributed by atoms with Crippen LogP contribution >= 0.6 is 11.6 Å². The zero-order valence-corrected chi connectivity index (χ0v) is 15.3. The Bertz CT molecular complexity index is 978. The summed E-state index contributed by atoms with van der Waals surface area (Å²) in [4.78, 5) is 24.5. The highest BCUT2D eigenvalue weighted by atomic mass is 35.5. The largest absolute Gasteiger partial charge is 0.459 e. The van der Waals surface area contributed by atoms with Gasteiger partial charge in [0.2, 0.25) is 5.95 Å². The Labute approximate surface area is 160 Å². The second-order valence-electron chi connectivity index (χ2n) is 6.52. The van der Waals surface area contributed by atoms with Crippen LogP contribution in [0.25, 0.3) is 11.2 Å². The number of carbonyl (C=O) groups excluding carboxylic acids is 1. The number of halogens is 1. The van der Waals surface area contributed by atoms with Crippen molar-refractivity contribution in [2.75, 3.05) is 12.3 Å². The SMILES string of the molecule is CC1C[C@H](COC(=O)c2ccccc2)O[C@H]1n1cnc2c(Cl)nc(N)nc21. The van der Waals surface area contributed by atoms with Crippen molar-refractivity contribution in [1.29, 1.82) is 0 Å². The normalized spacial score (nSPS) is 22.2. The number of aromatic nitrogens is 4. The summed E-state index contributed by atoms with van der Waals surface area (Å²) in [5.74, 6) is -0.123. The van der Waals surface area contributed by atoms with Gasteiger partial charge in [0.05, 0.1) is 18.0 Å². The summed E-state index contributed by atoms with van der Waals surface area (Å²) >= 11 is 6.08. The molecule has 1 aliphatic heterocycles. The molecule has 3 heterocycles. The summed E-state index contributed by atoms with van der Waals surface area (Å²) in [5, 5.41) is 0.204. The Balaban J connectivity index is 1.47. The van der Waals surface area contributed by atoms with Gasteiger partial charge < -0.3 is 15.2 Å². The summed E-state index contributed by atoms with van der Waals surface area (Å²) in [6, 6.07) is 8.87. The zero-order chi connectivity index (χ0) is 19.0. The standard InChI is InChI=1S/C18H18ClN5O3/c1-10-7-12(8-26-17(25)11-5-3-2-4-6-11)27-16(10)24-9-21-13-14(19)22-18(20)23-15(13)24/h2-6,9-10,12,16H,7-8H2,1H3,(H2,20,22,23)/t10?,12-,16-/m1/s1. The highest BCUT2D eigenvalue weighted by molar-refractivity contribution is 6.33. The van der Waals surface area contributed by atoms with E-state index in [1.165, 1.54) is 0 Å². The van der Waals surface area contributed by atoms with Gasteiger partial charge in [0.15, 0.2) is 10.8 Å². The number of anilines is 1. The van der Waals surface area contributed by atoms with E-state index in [4.69, 9.17) is 26.8 Å². The molecule has 3 atom stereocenters. The molecule has 0 aliphatic carbocycles. The molecule has 0 radical (unpaired) electrons. The second-order valence-corrected chi connectivity index (χ2v) is 6.88. The van der Waals surface area contributed by atoms with Gasteiger partial charge >= 0.3 is 5.97 Å². The van der Waals surface area contributed by atoms with Gasteiger partial charge in [-0.25, -0.2) is 9.78 Å². The molecule has 0 bridgehead atoms. The molecule has 140 valence electrons. The fraction of sp³-hybridized carbons (Fsp3) is 0.333. The number of ether oxygens (including phenoxy) is 2. The number of esters is 1. The van der Waals surface area contributed by atoms with Gasteiger partial charge in [0.25, 0.3) is 0 Å². The van der Waals surface area contributed by atoms with Crippen LogP contribution in [0.15, 0.2) is 36.7 Å². The number of benzene rings is 1. The van der Waals surface area contributed by atoms with Crippen LogP contribution in [0.2, 0.25) is 5.15 Å². The van der Waals surface area contributed by atoms with E-state index in [2.05, 4.69) is 21.9 Å². The molecule has 27 heavy (non-hydrogen) atoms. The number of fused-ring (bicyclic) bond motifs is 1. The topological polar surface area (TPSA) is 105 Å². The van der Waals surface area contributed by atoms with Gasteiger partial charge in [0, 0.05) is 5.92 Å². The van der Waals surface area contributed by atoms with Crippen molar-refractivity contribution >= 4 is 34.7 Å². The number of rotatable bonds is 4. The van der Waals surface area contributed by atoms with Gasteiger partial charge in [-0.2, -0.15) is 9.97 Å². The Morgan fingerprint density at radius 3 is 2.93 bits per heavy atom. The summed E-state index contributed by atoms with van der Waals surface area (Å²) < 4.78 is 13.3. The molecular weight excluding hydrogens is 370 g/mol. The van der Waals surface area contributed by atoms with E-state index in [0.717, 1.165) is 6.42 Å². The molecule has 1 unspecified atom stereocenters. The number of hydrogen-bond acceptors (Lipinski definition) is 7. The van der Waals surface area contributed by atoms with Crippen LogP contribution in [-0.4, -0.2) is 38.2 Å². The lowest BCUT2D eigenvalue weighted by molar-refractivity contribution is -0.0376. The van der Waals surface area contributed by atoms with E-state index in [-0.39, 0.29) is 41.9 Å². The van der Waals surface area contributed by atoms with Crippen LogP contribution < -0.4 is 5.73 Å². The third-order valence-corrected chi connectivity index (χ3v) is 4.80. The van der Waals surface area contributed by atoms with Gasteiger partial charge in [-0.05, 0) is 18.6 Å². The molecule has 9 heteroatoms. The predicted molar refractivity (Wildman–Crippen MR) is 99.2 cm³/mol. The van der Waals surface area contributed by atoms with E-state index in [0.29, 0.717) is 16.7 Å². The van der Waals surface area contributed by atoms with E-state index in [1.54, 1.807) is 35.2 Å². The van der Waals surface area contributed by atoms with Crippen LogP contribution in [0.1, 0.15) is 29.9 Å². The predicted octanol–water partition coefficient (Wildman–Crippen LogP) is 2.84. The molecule has 4 rings (SSSR count). The first-order valence-electron chi connectivity index (χ1n) is 8.56. The monoisotopic (exact) mass is 387 g/mol. The quantitative estimate of drug-likeness (QED) is 0.542. The van der Waals surface area contributed by atoms with Crippen molar-refractivity contribution in [3.63, 3.8) is 0 Å². The van der Waals surface area contributed by atoms with Gasteiger partial charge in [-0.15, -0.1) is 0 Å². The number of nitrogens with zero attached hydrogens (tertiary/aromatic N) is 4. The highest BCUT2D eigenvalue weighted by Gasteiger charge is 2.35. The lowest BCUT2D eigenvalue weighted by atomic mass is 10.1. The lowest BCUT2D eigenvalue weighted by Crippen LogP contribution is -2.19. The lowest BCUT2D eigenvalue weighted by Gasteiger charge is -2.17. The minimum atomic E-state index is -0.365. The van der Waals surface area contributed by atoms with E-state index in [1.807, 2.05) is 6.07 Å². The van der Waals surface area contributed by atoms with Crippen molar-refractivity contribution in [1.82, 2.24) is 19.5 Å². The van der Waals surface area contributed by atoms with Gasteiger partial charge in [-0.1, -0.05) is 36.7 Å². The summed E-state index contributed by atoms with van der Waals surface area (Å²) in [5.41, 5.74) is 7.21. The number of carbonyl (C=O) groups is 1. The molecule has 2 N–H and O–H groups in total. The Morgan fingerprint density at radius 2 is 2.15 bits per heavy atom. The molecule has 1 aliphatic rings. The first-order valence-corrected chi connectivity index (χ1v) is 8.94. The third-order valence-electron chi connectivity index (χ3n) is 4.53. The van der Waals surface area contributed by atoms with Crippen LogP contribution in [-0.2, 0) is 9.47 Å². The minimum absolute atomic E-state index is 0.0771. The Hall–Kier alpha value is -2.71. The van der Waals surface area contributed by atoms with Crippen LogP contribution in [0.4, 0.5) is 5.95 Å². The maximum atomic E-state index is 12.1. The summed E-state index contributed by atoms with van der Waals surface area (Å²) in [6.45, 7) is 2.24. The van der Waals surface area contributed by atoms with Crippen LogP contribution in [0.3, 0.4) is 0 Å². The first-order chi connectivity index (χ1) is 13.0. The molecule has 0 amide bonds. The zero-order valence-electron chi connectivity index (χ0n) is 14.6. The minimum Gasteiger partial charge on any atom is -0.459 e.